The summed E-state index contributed by atoms with van der Waals surface area (Å²) >= 11 is 0. The molecule has 248 valence electrons. The van der Waals surface area contributed by atoms with Gasteiger partial charge in [0.25, 0.3) is 5.56 Å². The van der Waals surface area contributed by atoms with E-state index in [2.05, 4.69) is 65.9 Å². The summed E-state index contributed by atoms with van der Waals surface area (Å²) in [4.78, 5) is 56.1. The van der Waals surface area contributed by atoms with Gasteiger partial charge in [0.15, 0.2) is 0 Å². The Balaban J connectivity index is 1.45. The van der Waals surface area contributed by atoms with Crippen LogP contribution in [-0.2, 0) is 16.0 Å². The van der Waals surface area contributed by atoms with E-state index in [4.69, 9.17) is 4.74 Å². The monoisotopic (exact) mass is 624 g/mol. The van der Waals surface area contributed by atoms with Crippen LogP contribution in [0.5, 0.6) is 0 Å². The molecule has 11 nitrogen and oxygen atoms in total. The highest BCUT2D eigenvalue weighted by molar-refractivity contribution is 5.89. The molecule has 0 saturated heterocycles. The van der Waals surface area contributed by atoms with Crippen LogP contribution in [0.25, 0.3) is 0 Å². The highest BCUT2D eigenvalue weighted by Crippen LogP contribution is 2.45. The molecule has 3 rings (SSSR count). The number of anilines is 2. The number of rotatable bonds is 14. The normalized spacial score (nSPS) is 19.6. The lowest BCUT2D eigenvalue weighted by Crippen LogP contribution is -2.51. The van der Waals surface area contributed by atoms with Gasteiger partial charge in [-0.05, 0) is 73.5 Å². The summed E-state index contributed by atoms with van der Waals surface area (Å²) in [5.74, 6) is 0.346. The van der Waals surface area contributed by atoms with E-state index in [1.165, 1.54) is 6.07 Å². The second kappa shape index (κ2) is 16.4. The number of aromatic amines is 1. The molecule has 0 aliphatic heterocycles. The first-order chi connectivity index (χ1) is 21.3. The smallest absolute Gasteiger partial charge is 0.321 e. The van der Waals surface area contributed by atoms with Crippen LogP contribution >= 0.6 is 0 Å². The Morgan fingerprint density at radius 3 is 2.47 bits per heavy atom. The van der Waals surface area contributed by atoms with Gasteiger partial charge in [0, 0.05) is 36.5 Å². The van der Waals surface area contributed by atoms with Gasteiger partial charge in [0.1, 0.15) is 0 Å². The number of ether oxygens (including phenoxy) is 1. The molecule has 1 aliphatic rings. The Hall–Kier alpha value is -3.89. The highest BCUT2D eigenvalue weighted by atomic mass is 16.5. The summed E-state index contributed by atoms with van der Waals surface area (Å²) in [5.41, 5.74) is 1.52. The number of unbranched alkanes of at least 4 members (excludes halogenated alkanes) is 1. The molecule has 1 aliphatic carbocycles. The number of aryl methyl sites for hydroxylation is 2. The van der Waals surface area contributed by atoms with Crippen LogP contribution in [0, 0.1) is 23.7 Å². The lowest BCUT2D eigenvalue weighted by molar-refractivity contribution is -0.145. The Morgan fingerprint density at radius 2 is 1.80 bits per heavy atom. The minimum Gasteiger partial charge on any atom is -0.465 e. The zero-order chi connectivity index (χ0) is 33.0. The van der Waals surface area contributed by atoms with Crippen LogP contribution in [0.15, 0.2) is 35.1 Å². The zero-order valence-electron chi connectivity index (χ0n) is 27.8. The zero-order valence-corrected chi connectivity index (χ0v) is 27.8. The van der Waals surface area contributed by atoms with E-state index in [9.17, 15) is 19.2 Å². The average Bonchev–Trinajstić information content (AvgIpc) is 2.94. The molecule has 2 aromatic rings. The maximum absolute atomic E-state index is 12.9. The third kappa shape index (κ3) is 12.6. The van der Waals surface area contributed by atoms with E-state index in [0.717, 1.165) is 44.1 Å². The van der Waals surface area contributed by atoms with Crippen molar-refractivity contribution in [3.05, 3.63) is 51.9 Å². The molecule has 1 aromatic heterocycles. The summed E-state index contributed by atoms with van der Waals surface area (Å²) < 4.78 is 5.51. The topological polar surface area (TPSA) is 154 Å². The van der Waals surface area contributed by atoms with E-state index in [1.54, 1.807) is 6.92 Å². The maximum Gasteiger partial charge on any atom is 0.321 e. The molecular weight excluding hydrogens is 572 g/mol. The van der Waals surface area contributed by atoms with Crippen molar-refractivity contribution in [2.75, 3.05) is 23.8 Å². The fourth-order valence-corrected chi connectivity index (χ4v) is 6.49. The van der Waals surface area contributed by atoms with Crippen molar-refractivity contribution in [2.45, 2.75) is 105 Å². The number of esters is 1. The largest absolute Gasteiger partial charge is 0.465 e. The molecule has 4 amide bonds. The van der Waals surface area contributed by atoms with Gasteiger partial charge >= 0.3 is 18.0 Å². The van der Waals surface area contributed by atoms with Crippen LogP contribution < -0.4 is 26.8 Å². The quantitative estimate of drug-likeness (QED) is 0.156. The third-order valence-electron chi connectivity index (χ3n) is 8.41. The number of urea groups is 2. The Kier molecular flexibility index (Phi) is 13.0. The van der Waals surface area contributed by atoms with Crippen LogP contribution in [0.3, 0.4) is 0 Å². The fraction of sp³-hybridized carbons (Fsp3) is 0.618. The summed E-state index contributed by atoms with van der Waals surface area (Å²) in [7, 11) is 0. The van der Waals surface area contributed by atoms with Crippen molar-refractivity contribution in [3.8, 4) is 0 Å². The van der Waals surface area contributed by atoms with E-state index in [0.29, 0.717) is 49.7 Å². The van der Waals surface area contributed by atoms with Crippen molar-refractivity contribution in [1.82, 2.24) is 20.6 Å². The van der Waals surface area contributed by atoms with Crippen LogP contribution in [-0.4, -0.2) is 47.2 Å². The van der Waals surface area contributed by atoms with Gasteiger partial charge in [-0.3, -0.25) is 19.9 Å². The molecule has 0 radical (unpaired) electrons. The Bertz CT molecular complexity index is 1340. The van der Waals surface area contributed by atoms with E-state index in [1.807, 2.05) is 24.3 Å². The van der Waals surface area contributed by atoms with Crippen molar-refractivity contribution in [2.24, 2.45) is 16.7 Å². The number of carbonyl (C=O) groups is 3. The van der Waals surface area contributed by atoms with Crippen molar-refractivity contribution in [3.63, 3.8) is 0 Å². The number of H-pyrrole nitrogens is 1. The van der Waals surface area contributed by atoms with Crippen molar-refractivity contribution in [1.29, 1.82) is 0 Å². The second-order valence-electron chi connectivity index (χ2n) is 13.7. The third-order valence-corrected chi connectivity index (χ3v) is 8.41. The van der Waals surface area contributed by atoms with E-state index >= 15 is 0 Å². The predicted octanol–water partition coefficient (Wildman–Crippen LogP) is 6.30. The molecule has 11 heteroatoms. The number of hydrogen-bond acceptors (Lipinski definition) is 6. The summed E-state index contributed by atoms with van der Waals surface area (Å²) in [6.07, 6.45) is 7.68. The standard InChI is InChI=1S/C34H52N6O5/c1-7-9-10-24(8-2)20-45-29(42)16-13-25-11-14-26(15-12-25)37-32(44)38-27-18-33(4,5)21-34(6,19-27)22-35-31(43)40-30-36-23(3)17-28(41)39-30/h11-12,14-15,17,24,27H,7-10,13,16,18-22H2,1-6H3,(H2,37,38,44)(H3,35,36,39,40,41,43). The van der Waals surface area contributed by atoms with Gasteiger partial charge in [-0.1, -0.05) is 66.0 Å². The number of hydrogen-bond donors (Lipinski definition) is 5. The summed E-state index contributed by atoms with van der Waals surface area (Å²) in [6.45, 7) is 13.3. The summed E-state index contributed by atoms with van der Waals surface area (Å²) in [6, 6.07) is 8.03. The molecule has 1 saturated carbocycles. The lowest BCUT2D eigenvalue weighted by atomic mass is 9.62. The molecule has 1 aromatic carbocycles. The number of benzene rings is 1. The molecule has 1 fully saturated rings. The van der Waals surface area contributed by atoms with Gasteiger partial charge in [-0.2, -0.15) is 0 Å². The van der Waals surface area contributed by atoms with Crippen LogP contribution in [0.4, 0.5) is 21.2 Å². The minimum atomic E-state index is -0.455. The van der Waals surface area contributed by atoms with E-state index < -0.39 is 6.03 Å². The molecule has 0 spiro atoms. The highest BCUT2D eigenvalue weighted by Gasteiger charge is 2.42. The molecular formula is C34H52N6O5. The second-order valence-corrected chi connectivity index (χ2v) is 13.7. The number of nitrogens with one attached hydrogen (secondary N) is 5. The van der Waals surface area contributed by atoms with Crippen LogP contribution in [0.2, 0.25) is 0 Å². The molecule has 1 heterocycles. The average molecular weight is 625 g/mol. The first-order valence-corrected chi connectivity index (χ1v) is 16.2. The molecule has 45 heavy (non-hydrogen) atoms. The lowest BCUT2D eigenvalue weighted by Gasteiger charge is -2.46. The number of amides is 4. The minimum absolute atomic E-state index is 0.0534. The molecule has 3 unspecified atom stereocenters. The number of aromatic nitrogens is 2. The molecule has 0 bridgehead atoms. The Labute approximate surface area is 267 Å². The van der Waals surface area contributed by atoms with Crippen molar-refractivity contribution < 1.29 is 19.1 Å². The SMILES string of the molecule is CCCCC(CC)COC(=O)CCc1ccc(NC(=O)NC2CC(C)(C)CC(C)(CNC(=O)Nc3nc(C)cc(=O)[nH]3)C2)cc1. The fourth-order valence-electron chi connectivity index (χ4n) is 6.49. The van der Waals surface area contributed by atoms with Gasteiger partial charge < -0.3 is 20.7 Å². The van der Waals surface area contributed by atoms with Crippen LogP contribution in [0.1, 0.15) is 97.2 Å². The van der Waals surface area contributed by atoms with Gasteiger partial charge in [0.2, 0.25) is 5.95 Å². The first kappa shape index (κ1) is 35.6. The number of carbonyl (C=O) groups excluding carboxylic acids is 3. The van der Waals surface area contributed by atoms with E-state index in [-0.39, 0.29) is 40.4 Å². The van der Waals surface area contributed by atoms with Gasteiger partial charge in [0.05, 0.1) is 6.61 Å². The maximum atomic E-state index is 12.9. The predicted molar refractivity (Wildman–Crippen MR) is 177 cm³/mol. The number of nitrogens with zero attached hydrogens (tertiary/aromatic N) is 1. The molecule has 5 N–H and O–H groups in total. The van der Waals surface area contributed by atoms with Gasteiger partial charge in [-0.25, -0.2) is 14.6 Å². The van der Waals surface area contributed by atoms with Crippen molar-refractivity contribution >= 4 is 29.7 Å². The van der Waals surface area contributed by atoms with Gasteiger partial charge in [-0.15, -0.1) is 0 Å². The first-order valence-electron chi connectivity index (χ1n) is 16.2. The Morgan fingerprint density at radius 1 is 1.07 bits per heavy atom. The molecule has 3 atom stereocenters. The summed E-state index contributed by atoms with van der Waals surface area (Å²) in [5, 5.41) is 11.5.